The summed E-state index contributed by atoms with van der Waals surface area (Å²) in [7, 11) is 0. The van der Waals surface area contributed by atoms with E-state index in [1.54, 1.807) is 38.1 Å². The van der Waals surface area contributed by atoms with Crippen molar-refractivity contribution in [1.82, 2.24) is 4.57 Å². The third-order valence-corrected chi connectivity index (χ3v) is 7.55. The second-order valence-corrected chi connectivity index (χ2v) is 11.1. The standard InChI is InChI=1S/C29H28BrN3O7S/c1-6-12-39-26-20(30)13-18(14-21(26)33(36)37)15-23-27(34)32-25(19-10-8-9-11-22(19)40-16(3)4)24(28(35)38-7-2)17(5)31-29(32)41-23/h6,8-11,13-16,25H,1,7,12H2,2-5H3/b23-15-/t25-/m1/s1. The highest BCUT2D eigenvalue weighted by atomic mass is 79.9. The van der Waals surface area contributed by atoms with Gasteiger partial charge in [0, 0.05) is 11.6 Å². The monoisotopic (exact) mass is 641 g/mol. The number of halogens is 1. The lowest BCUT2D eigenvalue weighted by Crippen LogP contribution is -2.40. The summed E-state index contributed by atoms with van der Waals surface area (Å²) in [5.41, 5.74) is 0.974. The third-order valence-electron chi connectivity index (χ3n) is 5.98. The normalized spacial score (nSPS) is 14.9. The number of rotatable bonds is 10. The molecule has 1 aliphatic heterocycles. The molecule has 0 saturated carbocycles. The van der Waals surface area contributed by atoms with Crippen molar-refractivity contribution in [2.24, 2.45) is 4.99 Å². The van der Waals surface area contributed by atoms with Crippen molar-refractivity contribution in [2.75, 3.05) is 13.2 Å². The van der Waals surface area contributed by atoms with Gasteiger partial charge in [-0.3, -0.25) is 19.5 Å². The highest BCUT2D eigenvalue weighted by Crippen LogP contribution is 2.38. The van der Waals surface area contributed by atoms with Gasteiger partial charge in [0.15, 0.2) is 4.80 Å². The lowest BCUT2D eigenvalue weighted by molar-refractivity contribution is -0.385. The number of allylic oxidation sites excluding steroid dienone is 1. The summed E-state index contributed by atoms with van der Waals surface area (Å²) < 4.78 is 19.0. The molecule has 3 aromatic rings. The van der Waals surface area contributed by atoms with Gasteiger partial charge in [-0.2, -0.15) is 0 Å². The van der Waals surface area contributed by atoms with E-state index in [2.05, 4.69) is 27.5 Å². The molecule has 0 amide bonds. The first kappa shape index (κ1) is 29.9. The number of nitro groups is 1. The topological polar surface area (TPSA) is 122 Å². The van der Waals surface area contributed by atoms with Crippen LogP contribution in [0.1, 0.15) is 44.9 Å². The molecule has 2 aromatic carbocycles. The Morgan fingerprint density at radius 1 is 1.32 bits per heavy atom. The number of carbonyl (C=O) groups excluding carboxylic acids is 1. The number of hydrogen-bond acceptors (Lipinski definition) is 9. The minimum Gasteiger partial charge on any atom is -0.491 e. The van der Waals surface area contributed by atoms with E-state index in [0.717, 1.165) is 11.3 Å². The molecule has 0 unspecified atom stereocenters. The van der Waals surface area contributed by atoms with Gasteiger partial charge in [0.25, 0.3) is 5.56 Å². The van der Waals surface area contributed by atoms with E-state index in [9.17, 15) is 19.7 Å². The number of ether oxygens (including phenoxy) is 3. The maximum Gasteiger partial charge on any atom is 0.338 e. The highest BCUT2D eigenvalue weighted by Gasteiger charge is 2.35. The van der Waals surface area contributed by atoms with Crippen molar-refractivity contribution >= 4 is 45.0 Å². The molecule has 0 saturated heterocycles. The predicted molar refractivity (Wildman–Crippen MR) is 159 cm³/mol. The summed E-state index contributed by atoms with van der Waals surface area (Å²) >= 11 is 4.46. The van der Waals surface area contributed by atoms with Crippen LogP contribution in [0.3, 0.4) is 0 Å². The van der Waals surface area contributed by atoms with Gasteiger partial charge in [0.05, 0.1) is 37.9 Å². The first-order valence-electron chi connectivity index (χ1n) is 12.7. The van der Waals surface area contributed by atoms with Gasteiger partial charge < -0.3 is 14.2 Å². The summed E-state index contributed by atoms with van der Waals surface area (Å²) in [6, 6.07) is 9.32. The van der Waals surface area contributed by atoms with Crippen LogP contribution in [0.2, 0.25) is 0 Å². The van der Waals surface area contributed by atoms with Gasteiger partial charge in [-0.15, -0.1) is 0 Å². The van der Waals surface area contributed by atoms with Crippen molar-refractivity contribution < 1.29 is 23.9 Å². The Morgan fingerprint density at radius 2 is 2.05 bits per heavy atom. The number of aromatic nitrogens is 1. The number of hydrogen-bond donors (Lipinski definition) is 0. The maximum atomic E-state index is 14.0. The van der Waals surface area contributed by atoms with Crippen molar-refractivity contribution in [3.8, 4) is 11.5 Å². The minimum absolute atomic E-state index is 0.0602. The molecule has 214 valence electrons. The largest absolute Gasteiger partial charge is 0.491 e. The van der Waals surface area contributed by atoms with Crippen LogP contribution in [-0.4, -0.2) is 34.8 Å². The van der Waals surface area contributed by atoms with E-state index in [0.29, 0.717) is 31.8 Å². The van der Waals surface area contributed by atoms with Gasteiger partial charge in [0.2, 0.25) is 5.75 Å². The first-order chi connectivity index (χ1) is 19.6. The van der Waals surface area contributed by atoms with Crippen LogP contribution < -0.4 is 24.4 Å². The molecule has 1 atom stereocenters. The molecule has 41 heavy (non-hydrogen) atoms. The second kappa shape index (κ2) is 12.6. The smallest absolute Gasteiger partial charge is 0.338 e. The van der Waals surface area contributed by atoms with Crippen LogP contribution in [0.25, 0.3) is 6.08 Å². The van der Waals surface area contributed by atoms with Gasteiger partial charge in [-0.1, -0.05) is 42.2 Å². The molecule has 10 nitrogen and oxygen atoms in total. The van der Waals surface area contributed by atoms with Crippen LogP contribution in [-0.2, 0) is 9.53 Å². The molecule has 4 rings (SSSR count). The van der Waals surface area contributed by atoms with E-state index in [1.807, 2.05) is 26.0 Å². The zero-order valence-electron chi connectivity index (χ0n) is 22.9. The number of thiazole rings is 1. The SMILES string of the molecule is C=CCOc1c(Br)cc(/C=c2\sc3n(c2=O)[C@H](c2ccccc2OC(C)C)C(C(=O)OCC)=C(C)N=3)cc1[N+](=O)[O-]. The van der Waals surface area contributed by atoms with Gasteiger partial charge >= 0.3 is 11.7 Å². The molecule has 0 aliphatic carbocycles. The fourth-order valence-corrected chi connectivity index (χ4v) is 6.04. The number of carbonyl (C=O) groups is 1. The number of benzene rings is 2. The molecule has 0 spiro atoms. The zero-order chi connectivity index (χ0) is 29.8. The molecular formula is C29H28BrN3O7S. The number of nitrogens with zero attached hydrogens (tertiary/aromatic N) is 3. The van der Waals surface area contributed by atoms with Gasteiger partial charge in [0.1, 0.15) is 18.4 Å². The Kier molecular flexibility index (Phi) is 9.24. The van der Waals surface area contributed by atoms with Crippen LogP contribution >= 0.6 is 27.3 Å². The summed E-state index contributed by atoms with van der Waals surface area (Å²) in [4.78, 5) is 43.4. The lowest BCUT2D eigenvalue weighted by atomic mass is 9.95. The van der Waals surface area contributed by atoms with E-state index < -0.39 is 22.5 Å². The summed E-state index contributed by atoms with van der Waals surface area (Å²) in [5.74, 6) is 0.000247. The number of esters is 1. The van der Waals surface area contributed by atoms with Crippen molar-refractivity contribution in [2.45, 2.75) is 39.8 Å². The first-order valence-corrected chi connectivity index (χ1v) is 14.3. The van der Waals surface area contributed by atoms with E-state index in [-0.39, 0.29) is 40.9 Å². The average molecular weight is 643 g/mol. The maximum absolute atomic E-state index is 14.0. The molecule has 0 fully saturated rings. The van der Waals surface area contributed by atoms with E-state index in [4.69, 9.17) is 14.2 Å². The van der Waals surface area contributed by atoms with Crippen molar-refractivity contribution in [1.29, 1.82) is 0 Å². The summed E-state index contributed by atoms with van der Waals surface area (Å²) in [6.07, 6.45) is 2.88. The Balaban J connectivity index is 1.96. The van der Waals surface area contributed by atoms with Crippen LogP contribution in [0, 0.1) is 10.1 Å². The minimum atomic E-state index is -0.863. The fourth-order valence-electron chi connectivity index (χ4n) is 4.41. The molecule has 2 heterocycles. The Morgan fingerprint density at radius 3 is 2.71 bits per heavy atom. The Hall–Kier alpha value is -4.03. The number of nitro benzene ring substituents is 1. The van der Waals surface area contributed by atoms with E-state index >= 15 is 0 Å². The predicted octanol–water partition coefficient (Wildman–Crippen LogP) is 4.82. The molecule has 0 bridgehead atoms. The summed E-state index contributed by atoms with van der Waals surface area (Å²) in [5, 5.41) is 11.8. The number of para-hydroxylation sites is 1. The summed E-state index contributed by atoms with van der Waals surface area (Å²) in [6.45, 7) is 11.0. The molecule has 0 N–H and O–H groups in total. The Bertz CT molecular complexity index is 1740. The second-order valence-electron chi connectivity index (χ2n) is 9.21. The molecule has 0 radical (unpaired) electrons. The zero-order valence-corrected chi connectivity index (χ0v) is 25.3. The fraction of sp³-hybridized carbons (Fsp3) is 0.276. The van der Waals surface area contributed by atoms with Crippen LogP contribution in [0.5, 0.6) is 11.5 Å². The van der Waals surface area contributed by atoms with Gasteiger partial charge in [-0.05, 0) is 67.4 Å². The van der Waals surface area contributed by atoms with Crippen molar-refractivity contribution in [3.05, 3.63) is 106 Å². The third kappa shape index (κ3) is 6.18. The lowest BCUT2D eigenvalue weighted by Gasteiger charge is -2.26. The average Bonchev–Trinajstić information content (AvgIpc) is 3.21. The number of fused-ring (bicyclic) bond motifs is 1. The van der Waals surface area contributed by atoms with Crippen LogP contribution in [0.4, 0.5) is 5.69 Å². The van der Waals surface area contributed by atoms with Crippen molar-refractivity contribution in [3.63, 3.8) is 0 Å². The molecule has 12 heteroatoms. The molecule has 1 aliphatic rings. The quantitative estimate of drug-likeness (QED) is 0.135. The highest BCUT2D eigenvalue weighted by molar-refractivity contribution is 9.10. The van der Waals surface area contributed by atoms with E-state index in [1.165, 1.54) is 16.7 Å². The molecular weight excluding hydrogens is 614 g/mol. The molecule has 1 aromatic heterocycles. The van der Waals surface area contributed by atoms with Crippen LogP contribution in [0.15, 0.2) is 74.6 Å². The van der Waals surface area contributed by atoms with Gasteiger partial charge in [-0.25, -0.2) is 9.79 Å². The Labute approximate surface area is 248 Å².